The van der Waals surface area contributed by atoms with Crippen LogP contribution in [0.3, 0.4) is 0 Å². The van der Waals surface area contributed by atoms with Gasteiger partial charge in [-0.2, -0.15) is 4.98 Å². The van der Waals surface area contributed by atoms with Crippen LogP contribution in [0, 0.1) is 6.92 Å². The minimum absolute atomic E-state index is 0.206. The Morgan fingerprint density at radius 2 is 2.21 bits per heavy atom. The maximum Gasteiger partial charge on any atom is 0.321 e. The van der Waals surface area contributed by atoms with Gasteiger partial charge in [0, 0.05) is 11.4 Å². The molecule has 0 saturated heterocycles. The van der Waals surface area contributed by atoms with Crippen LogP contribution in [0.15, 0.2) is 5.38 Å². The van der Waals surface area contributed by atoms with E-state index in [1.807, 2.05) is 12.3 Å². The maximum absolute atomic E-state index is 11.9. The van der Waals surface area contributed by atoms with Gasteiger partial charge in [0.1, 0.15) is 0 Å². The van der Waals surface area contributed by atoms with Crippen molar-refractivity contribution in [3.05, 3.63) is 11.1 Å². The van der Waals surface area contributed by atoms with Crippen molar-refractivity contribution in [2.45, 2.75) is 45.1 Å². The van der Waals surface area contributed by atoms with Gasteiger partial charge >= 0.3 is 6.03 Å². The van der Waals surface area contributed by atoms with E-state index in [-0.39, 0.29) is 6.03 Å². The molecular formula is C12H17N5OS. The number of thiazole rings is 1. The summed E-state index contributed by atoms with van der Waals surface area (Å²) in [5.41, 5.74) is 1.02. The van der Waals surface area contributed by atoms with Crippen molar-refractivity contribution < 1.29 is 4.79 Å². The van der Waals surface area contributed by atoms with Gasteiger partial charge in [-0.25, -0.2) is 9.31 Å². The quantitative estimate of drug-likeness (QED) is 0.887. The molecular weight excluding hydrogens is 262 g/mol. The Morgan fingerprint density at radius 3 is 2.95 bits per heavy atom. The number of nitrogens with zero attached hydrogens (tertiary/aromatic N) is 3. The molecule has 0 spiro atoms. The first-order valence-corrected chi connectivity index (χ1v) is 7.49. The molecule has 3 rings (SSSR count). The van der Waals surface area contributed by atoms with E-state index < -0.39 is 0 Å². The largest absolute Gasteiger partial charge is 0.335 e. The lowest BCUT2D eigenvalue weighted by molar-refractivity contribution is 0.244. The Bertz CT molecular complexity index is 584. The van der Waals surface area contributed by atoms with Crippen molar-refractivity contribution in [2.75, 3.05) is 5.32 Å². The number of fused-ring (bicyclic) bond motifs is 1. The molecule has 0 atom stereocenters. The normalized spacial score (nSPS) is 16.7. The van der Waals surface area contributed by atoms with E-state index in [2.05, 4.69) is 20.7 Å². The fraction of sp³-hybridized carbons (Fsp3) is 0.583. The standard InChI is InChI=1S/C12H17N5OS/c1-8-7-19-12-15-10(16-17(8)12)14-11(18)13-9-5-3-2-4-6-9/h7,9H,2-6H2,1H3,(H2,13,14,16,18). The van der Waals surface area contributed by atoms with Gasteiger partial charge in [0.25, 0.3) is 5.95 Å². The Balaban J connectivity index is 1.61. The van der Waals surface area contributed by atoms with Crippen LogP contribution in [0.5, 0.6) is 0 Å². The first kappa shape index (κ1) is 12.4. The maximum atomic E-state index is 11.9. The second-order valence-electron chi connectivity index (χ2n) is 4.94. The summed E-state index contributed by atoms with van der Waals surface area (Å²) in [6.07, 6.45) is 5.81. The second-order valence-corrected chi connectivity index (χ2v) is 5.78. The van der Waals surface area contributed by atoms with Crippen molar-refractivity contribution in [3.8, 4) is 0 Å². The van der Waals surface area contributed by atoms with Gasteiger partial charge in [-0.3, -0.25) is 5.32 Å². The number of hydrogen-bond donors (Lipinski definition) is 2. The summed E-state index contributed by atoms with van der Waals surface area (Å²) >= 11 is 1.52. The van der Waals surface area contributed by atoms with Gasteiger partial charge in [0.2, 0.25) is 4.96 Å². The van der Waals surface area contributed by atoms with Crippen LogP contribution < -0.4 is 10.6 Å². The third-order valence-electron chi connectivity index (χ3n) is 3.41. The van der Waals surface area contributed by atoms with Gasteiger partial charge in [0.15, 0.2) is 0 Å². The van der Waals surface area contributed by atoms with Crippen molar-refractivity contribution in [1.29, 1.82) is 0 Å². The van der Waals surface area contributed by atoms with Crippen LogP contribution in [0.2, 0.25) is 0 Å². The fourth-order valence-electron chi connectivity index (χ4n) is 2.41. The minimum Gasteiger partial charge on any atom is -0.335 e. The average molecular weight is 279 g/mol. The van der Waals surface area contributed by atoms with Gasteiger partial charge in [-0.15, -0.1) is 16.4 Å². The highest BCUT2D eigenvalue weighted by Crippen LogP contribution is 2.18. The number of hydrogen-bond acceptors (Lipinski definition) is 4. The monoisotopic (exact) mass is 279 g/mol. The lowest BCUT2D eigenvalue weighted by Crippen LogP contribution is -2.39. The van der Waals surface area contributed by atoms with Crippen LogP contribution >= 0.6 is 11.3 Å². The molecule has 1 fully saturated rings. The molecule has 0 radical (unpaired) electrons. The Morgan fingerprint density at radius 1 is 1.42 bits per heavy atom. The van der Waals surface area contributed by atoms with Crippen LogP contribution in [0.25, 0.3) is 4.96 Å². The number of urea groups is 1. The number of carbonyl (C=O) groups excluding carboxylic acids is 1. The van der Waals surface area contributed by atoms with E-state index in [9.17, 15) is 4.79 Å². The highest BCUT2D eigenvalue weighted by Gasteiger charge is 2.17. The number of nitrogens with one attached hydrogen (secondary N) is 2. The van der Waals surface area contributed by atoms with Crippen LogP contribution in [0.1, 0.15) is 37.8 Å². The Kier molecular flexibility index (Phi) is 3.37. The van der Waals surface area contributed by atoms with E-state index in [1.54, 1.807) is 4.52 Å². The molecule has 2 heterocycles. The van der Waals surface area contributed by atoms with Gasteiger partial charge in [-0.1, -0.05) is 19.3 Å². The van der Waals surface area contributed by atoms with Crippen molar-refractivity contribution in [1.82, 2.24) is 19.9 Å². The number of amides is 2. The molecule has 2 N–H and O–H groups in total. The summed E-state index contributed by atoms with van der Waals surface area (Å²) < 4.78 is 1.74. The first-order chi connectivity index (χ1) is 9.22. The minimum atomic E-state index is -0.206. The Labute approximate surface area is 115 Å². The molecule has 2 aromatic heterocycles. The van der Waals surface area contributed by atoms with E-state index in [4.69, 9.17) is 0 Å². The molecule has 0 bridgehead atoms. The summed E-state index contributed by atoms with van der Waals surface area (Å²) in [6, 6.07) is 0.0852. The number of carbonyl (C=O) groups is 1. The second kappa shape index (κ2) is 5.16. The topological polar surface area (TPSA) is 71.3 Å². The van der Waals surface area contributed by atoms with Crippen molar-refractivity contribution >= 4 is 28.3 Å². The van der Waals surface area contributed by atoms with Crippen LogP contribution in [-0.4, -0.2) is 26.7 Å². The molecule has 2 amide bonds. The highest BCUT2D eigenvalue weighted by atomic mass is 32.1. The molecule has 102 valence electrons. The zero-order valence-corrected chi connectivity index (χ0v) is 11.7. The summed E-state index contributed by atoms with van der Waals surface area (Å²) in [5, 5.41) is 11.9. The summed E-state index contributed by atoms with van der Waals surface area (Å²) in [6.45, 7) is 1.96. The predicted molar refractivity (Wildman–Crippen MR) is 74.6 cm³/mol. The van der Waals surface area contributed by atoms with E-state index in [0.29, 0.717) is 12.0 Å². The number of anilines is 1. The van der Waals surface area contributed by atoms with Crippen molar-refractivity contribution in [2.24, 2.45) is 0 Å². The van der Waals surface area contributed by atoms with E-state index in [0.717, 1.165) is 23.5 Å². The fourth-order valence-corrected chi connectivity index (χ4v) is 3.21. The molecule has 1 aliphatic carbocycles. The third-order valence-corrected chi connectivity index (χ3v) is 4.35. The first-order valence-electron chi connectivity index (χ1n) is 6.61. The predicted octanol–water partition coefficient (Wildman–Crippen LogP) is 2.55. The zero-order chi connectivity index (χ0) is 13.2. The summed E-state index contributed by atoms with van der Waals surface area (Å²) in [4.78, 5) is 16.9. The molecule has 1 saturated carbocycles. The molecule has 1 aliphatic rings. The Hall–Kier alpha value is -1.63. The highest BCUT2D eigenvalue weighted by molar-refractivity contribution is 7.15. The SMILES string of the molecule is Cc1csc2nc(NC(=O)NC3CCCCC3)nn12. The molecule has 0 aliphatic heterocycles. The average Bonchev–Trinajstić information content (AvgIpc) is 2.93. The van der Waals surface area contributed by atoms with Crippen molar-refractivity contribution in [3.63, 3.8) is 0 Å². The lowest BCUT2D eigenvalue weighted by atomic mass is 9.96. The molecule has 19 heavy (non-hydrogen) atoms. The summed E-state index contributed by atoms with van der Waals surface area (Å²) in [5.74, 6) is 0.364. The molecule has 7 heteroatoms. The molecule has 6 nitrogen and oxygen atoms in total. The van der Waals surface area contributed by atoms with Crippen LogP contribution in [0.4, 0.5) is 10.7 Å². The molecule has 0 unspecified atom stereocenters. The smallest absolute Gasteiger partial charge is 0.321 e. The molecule has 0 aromatic carbocycles. The van der Waals surface area contributed by atoms with Gasteiger partial charge in [-0.05, 0) is 19.8 Å². The number of aryl methyl sites for hydroxylation is 1. The zero-order valence-electron chi connectivity index (χ0n) is 10.8. The number of aromatic nitrogens is 3. The lowest BCUT2D eigenvalue weighted by Gasteiger charge is -2.22. The van der Waals surface area contributed by atoms with Gasteiger partial charge < -0.3 is 5.32 Å². The number of rotatable bonds is 2. The third kappa shape index (κ3) is 2.70. The van der Waals surface area contributed by atoms with E-state index in [1.165, 1.54) is 30.6 Å². The van der Waals surface area contributed by atoms with Crippen LogP contribution in [-0.2, 0) is 0 Å². The molecule has 2 aromatic rings. The van der Waals surface area contributed by atoms with E-state index >= 15 is 0 Å². The van der Waals surface area contributed by atoms with Gasteiger partial charge in [0.05, 0.1) is 5.69 Å². The summed E-state index contributed by atoms with van der Waals surface area (Å²) in [7, 11) is 0.